The first kappa shape index (κ1) is 14.7. The largest absolute Gasteiger partial charge is 0.489 e. The van der Waals surface area contributed by atoms with E-state index < -0.39 is 0 Å². The van der Waals surface area contributed by atoms with Gasteiger partial charge in [0.25, 0.3) is 0 Å². The molecule has 0 unspecified atom stereocenters. The normalized spacial score (nSPS) is 10.7. The van der Waals surface area contributed by atoms with Crippen LogP contribution in [0.1, 0.15) is 25.0 Å². The number of hydrogen-bond acceptors (Lipinski definition) is 2. The molecule has 0 atom stereocenters. The van der Waals surface area contributed by atoms with Gasteiger partial charge in [-0.1, -0.05) is 35.9 Å². The lowest BCUT2D eigenvalue weighted by atomic mass is 10.1. The Hall–Kier alpha value is -1.67. The number of ether oxygens (including phenoxy) is 1. The maximum absolute atomic E-state index is 6.22. The fourth-order valence-corrected chi connectivity index (χ4v) is 2.19. The predicted molar refractivity (Wildman–Crippen MR) is 85.7 cm³/mol. The first-order chi connectivity index (χ1) is 9.56. The second-order valence-corrected chi connectivity index (χ2v) is 5.50. The van der Waals surface area contributed by atoms with Crippen LogP contribution in [0.5, 0.6) is 5.75 Å². The topological polar surface area (TPSA) is 21.3 Å². The van der Waals surface area contributed by atoms with Gasteiger partial charge in [-0.3, -0.25) is 0 Å². The van der Waals surface area contributed by atoms with E-state index in [1.54, 1.807) is 0 Å². The fraction of sp³-hybridized carbons (Fsp3) is 0.294. The monoisotopic (exact) mass is 289 g/mol. The van der Waals surface area contributed by atoms with Crippen molar-refractivity contribution < 1.29 is 4.74 Å². The third-order valence-electron chi connectivity index (χ3n) is 3.04. The molecule has 2 aromatic carbocycles. The summed E-state index contributed by atoms with van der Waals surface area (Å²) in [6, 6.07) is 14.1. The highest BCUT2D eigenvalue weighted by Gasteiger charge is 2.05. The van der Waals surface area contributed by atoms with E-state index in [0.717, 1.165) is 18.0 Å². The summed E-state index contributed by atoms with van der Waals surface area (Å²) in [5, 5.41) is 4.02. The van der Waals surface area contributed by atoms with Crippen molar-refractivity contribution in [3.63, 3.8) is 0 Å². The summed E-state index contributed by atoms with van der Waals surface area (Å²) >= 11 is 6.22. The third kappa shape index (κ3) is 3.91. The predicted octanol–water partition coefficient (Wildman–Crippen LogP) is 5.05. The highest BCUT2D eigenvalue weighted by molar-refractivity contribution is 6.32. The van der Waals surface area contributed by atoms with Crippen LogP contribution in [0.2, 0.25) is 5.02 Å². The fourth-order valence-electron chi connectivity index (χ4n) is 1.97. The van der Waals surface area contributed by atoms with Gasteiger partial charge in [0, 0.05) is 12.2 Å². The Labute approximate surface area is 125 Å². The number of nitrogens with one attached hydrogen (secondary N) is 1. The molecule has 2 nitrogen and oxygen atoms in total. The number of halogens is 1. The van der Waals surface area contributed by atoms with Crippen LogP contribution in [-0.2, 0) is 6.54 Å². The van der Waals surface area contributed by atoms with Crippen LogP contribution in [0.3, 0.4) is 0 Å². The molecular weight excluding hydrogens is 270 g/mol. The first-order valence-electron chi connectivity index (χ1n) is 6.81. The van der Waals surface area contributed by atoms with Crippen molar-refractivity contribution in [1.29, 1.82) is 0 Å². The van der Waals surface area contributed by atoms with E-state index >= 15 is 0 Å². The van der Waals surface area contributed by atoms with Crippen molar-refractivity contribution in [3.05, 3.63) is 58.6 Å². The molecule has 2 rings (SSSR count). The SMILES string of the molecule is Cc1ccccc1CNc1ccc(OC(C)C)c(Cl)c1. The number of aryl methyl sites for hydroxylation is 1. The minimum atomic E-state index is 0.123. The lowest BCUT2D eigenvalue weighted by Gasteiger charge is -2.13. The number of rotatable bonds is 5. The summed E-state index contributed by atoms with van der Waals surface area (Å²) in [7, 11) is 0. The lowest BCUT2D eigenvalue weighted by Crippen LogP contribution is -2.06. The zero-order valence-electron chi connectivity index (χ0n) is 12.1. The first-order valence-corrected chi connectivity index (χ1v) is 7.18. The summed E-state index contributed by atoms with van der Waals surface area (Å²) in [6.45, 7) is 6.87. The Morgan fingerprint density at radius 2 is 1.90 bits per heavy atom. The van der Waals surface area contributed by atoms with Gasteiger partial charge in [-0.05, 0) is 50.1 Å². The molecule has 0 saturated heterocycles. The Kier molecular flexibility index (Phi) is 4.91. The van der Waals surface area contributed by atoms with Gasteiger partial charge in [0.1, 0.15) is 5.75 Å². The molecule has 2 aromatic rings. The van der Waals surface area contributed by atoms with Gasteiger partial charge >= 0.3 is 0 Å². The van der Waals surface area contributed by atoms with Crippen LogP contribution in [0, 0.1) is 6.92 Å². The Morgan fingerprint density at radius 1 is 1.15 bits per heavy atom. The van der Waals surface area contributed by atoms with E-state index in [4.69, 9.17) is 16.3 Å². The maximum Gasteiger partial charge on any atom is 0.138 e. The van der Waals surface area contributed by atoms with Gasteiger partial charge in [0.05, 0.1) is 11.1 Å². The Morgan fingerprint density at radius 3 is 2.55 bits per heavy atom. The molecule has 0 bridgehead atoms. The van der Waals surface area contributed by atoms with E-state index in [9.17, 15) is 0 Å². The van der Waals surface area contributed by atoms with Crippen molar-refractivity contribution in [1.82, 2.24) is 0 Å². The van der Waals surface area contributed by atoms with Crippen molar-refractivity contribution >= 4 is 17.3 Å². The second-order valence-electron chi connectivity index (χ2n) is 5.09. The minimum absolute atomic E-state index is 0.123. The Bertz CT molecular complexity index is 581. The molecule has 106 valence electrons. The smallest absolute Gasteiger partial charge is 0.138 e. The summed E-state index contributed by atoms with van der Waals surface area (Å²) in [4.78, 5) is 0. The van der Waals surface area contributed by atoms with Crippen molar-refractivity contribution in [2.75, 3.05) is 5.32 Å². The molecule has 0 heterocycles. The summed E-state index contributed by atoms with van der Waals surface area (Å²) in [5.41, 5.74) is 3.56. The summed E-state index contributed by atoms with van der Waals surface area (Å²) in [6.07, 6.45) is 0.123. The van der Waals surface area contributed by atoms with Crippen LogP contribution in [0.15, 0.2) is 42.5 Å². The van der Waals surface area contributed by atoms with Crippen LogP contribution in [0.25, 0.3) is 0 Å². The van der Waals surface area contributed by atoms with E-state index in [0.29, 0.717) is 5.02 Å². The summed E-state index contributed by atoms with van der Waals surface area (Å²) in [5.74, 6) is 0.725. The number of anilines is 1. The average molecular weight is 290 g/mol. The molecule has 3 heteroatoms. The second kappa shape index (κ2) is 6.67. The Balaban J connectivity index is 2.04. The standard InChI is InChI=1S/C17H20ClNO/c1-12(2)20-17-9-8-15(10-16(17)18)19-11-14-7-5-4-6-13(14)3/h4-10,12,19H,11H2,1-3H3. The highest BCUT2D eigenvalue weighted by atomic mass is 35.5. The van der Waals surface area contributed by atoms with Gasteiger partial charge in [0.15, 0.2) is 0 Å². The number of hydrogen-bond donors (Lipinski definition) is 1. The van der Waals surface area contributed by atoms with E-state index in [2.05, 4.69) is 30.4 Å². The molecule has 20 heavy (non-hydrogen) atoms. The van der Waals surface area contributed by atoms with Crippen LogP contribution < -0.4 is 10.1 Å². The molecule has 0 aliphatic heterocycles. The molecule has 0 aromatic heterocycles. The van der Waals surface area contributed by atoms with Gasteiger partial charge in [-0.2, -0.15) is 0 Å². The molecule has 0 spiro atoms. The maximum atomic E-state index is 6.22. The van der Waals surface area contributed by atoms with Gasteiger partial charge in [-0.25, -0.2) is 0 Å². The zero-order chi connectivity index (χ0) is 14.5. The molecule has 0 radical (unpaired) electrons. The molecular formula is C17H20ClNO. The van der Waals surface area contributed by atoms with E-state index in [1.165, 1.54) is 11.1 Å². The average Bonchev–Trinajstić information content (AvgIpc) is 2.40. The quantitative estimate of drug-likeness (QED) is 0.832. The van der Waals surface area contributed by atoms with Crippen molar-refractivity contribution in [2.45, 2.75) is 33.4 Å². The van der Waals surface area contributed by atoms with E-state index in [1.807, 2.05) is 38.1 Å². The summed E-state index contributed by atoms with van der Waals surface area (Å²) < 4.78 is 5.62. The van der Waals surface area contributed by atoms with Crippen molar-refractivity contribution in [3.8, 4) is 5.75 Å². The minimum Gasteiger partial charge on any atom is -0.489 e. The molecule has 0 fully saturated rings. The van der Waals surface area contributed by atoms with Gasteiger partial charge in [-0.15, -0.1) is 0 Å². The highest BCUT2D eigenvalue weighted by Crippen LogP contribution is 2.28. The van der Waals surface area contributed by atoms with Crippen molar-refractivity contribution in [2.24, 2.45) is 0 Å². The van der Waals surface area contributed by atoms with Crippen LogP contribution >= 0.6 is 11.6 Å². The lowest BCUT2D eigenvalue weighted by molar-refractivity contribution is 0.242. The molecule has 0 saturated carbocycles. The van der Waals surface area contributed by atoms with Crippen LogP contribution in [0.4, 0.5) is 5.69 Å². The molecule has 0 amide bonds. The third-order valence-corrected chi connectivity index (χ3v) is 3.33. The number of benzene rings is 2. The zero-order valence-corrected chi connectivity index (χ0v) is 12.9. The van der Waals surface area contributed by atoms with Gasteiger partial charge < -0.3 is 10.1 Å². The van der Waals surface area contributed by atoms with E-state index in [-0.39, 0.29) is 6.10 Å². The van der Waals surface area contributed by atoms with Gasteiger partial charge in [0.2, 0.25) is 0 Å². The molecule has 1 N–H and O–H groups in total. The molecule has 0 aliphatic carbocycles. The van der Waals surface area contributed by atoms with Crippen LogP contribution in [-0.4, -0.2) is 6.10 Å². The molecule has 0 aliphatic rings.